The molecule has 0 spiro atoms. The first-order valence-electron chi connectivity index (χ1n) is 4.67. The predicted molar refractivity (Wildman–Crippen MR) is 60.4 cm³/mol. The van der Waals surface area contributed by atoms with Crippen molar-refractivity contribution in [1.29, 1.82) is 0 Å². The Morgan fingerprint density at radius 2 is 2.00 bits per heavy atom. The molecule has 0 radical (unpaired) electrons. The van der Waals surface area contributed by atoms with Crippen molar-refractivity contribution in [2.75, 3.05) is 0 Å². The summed E-state index contributed by atoms with van der Waals surface area (Å²) in [6.45, 7) is 5.76. The normalized spacial score (nSPS) is 10.2. The monoisotopic (exact) mass is 200 g/mol. The Morgan fingerprint density at radius 1 is 1.33 bits per heavy atom. The summed E-state index contributed by atoms with van der Waals surface area (Å²) in [5.74, 6) is 1.04. The van der Waals surface area contributed by atoms with E-state index in [4.69, 9.17) is 5.11 Å². The second-order valence-electron chi connectivity index (χ2n) is 3.47. The van der Waals surface area contributed by atoms with Gasteiger partial charge in [-0.1, -0.05) is 6.58 Å². The van der Waals surface area contributed by atoms with Gasteiger partial charge in [-0.2, -0.15) is 0 Å². The van der Waals surface area contributed by atoms with Crippen LogP contribution in [0.25, 0.3) is 17.0 Å². The fourth-order valence-corrected chi connectivity index (χ4v) is 1.30. The van der Waals surface area contributed by atoms with E-state index in [-0.39, 0.29) is 5.75 Å². The number of aromatic hydroxyl groups is 1. The lowest BCUT2D eigenvalue weighted by atomic mass is 10.2. The molecule has 1 aromatic carbocycles. The molecule has 1 heterocycles. The van der Waals surface area contributed by atoms with Crippen LogP contribution in [0.5, 0.6) is 5.75 Å². The summed E-state index contributed by atoms with van der Waals surface area (Å²) >= 11 is 0. The molecule has 0 saturated carbocycles. The quantitative estimate of drug-likeness (QED) is 0.783. The summed E-state index contributed by atoms with van der Waals surface area (Å²) in [5, 5.41) is 9.15. The van der Waals surface area contributed by atoms with E-state index in [9.17, 15) is 0 Å². The molecule has 2 N–H and O–H groups in total. The Morgan fingerprint density at radius 3 is 2.53 bits per heavy atom. The molecule has 0 bridgehead atoms. The molecule has 0 aliphatic carbocycles. The van der Waals surface area contributed by atoms with Gasteiger partial charge in [-0.25, -0.2) is 4.98 Å². The lowest BCUT2D eigenvalue weighted by molar-refractivity contribution is 0.475. The van der Waals surface area contributed by atoms with Crippen molar-refractivity contribution in [3.8, 4) is 17.1 Å². The van der Waals surface area contributed by atoms with Crippen LogP contribution in [0.4, 0.5) is 0 Å². The fraction of sp³-hybridized carbons (Fsp3) is 0.0833. The molecule has 3 heteroatoms. The van der Waals surface area contributed by atoms with Gasteiger partial charge in [0.2, 0.25) is 0 Å². The van der Waals surface area contributed by atoms with Crippen molar-refractivity contribution in [2.24, 2.45) is 0 Å². The smallest absolute Gasteiger partial charge is 0.137 e. The summed E-state index contributed by atoms with van der Waals surface area (Å²) in [5.41, 5.74) is 2.82. The predicted octanol–water partition coefficient (Wildman–Crippen LogP) is 2.82. The van der Waals surface area contributed by atoms with E-state index in [2.05, 4.69) is 16.5 Å². The number of imidazole rings is 1. The van der Waals surface area contributed by atoms with Gasteiger partial charge in [0, 0.05) is 5.56 Å². The molecule has 0 atom stereocenters. The van der Waals surface area contributed by atoms with Crippen LogP contribution in [0.3, 0.4) is 0 Å². The van der Waals surface area contributed by atoms with Gasteiger partial charge in [0.05, 0.1) is 11.9 Å². The third kappa shape index (κ3) is 1.91. The van der Waals surface area contributed by atoms with E-state index in [0.717, 1.165) is 22.7 Å². The Labute approximate surface area is 88.1 Å². The minimum atomic E-state index is 0.255. The molecule has 15 heavy (non-hydrogen) atoms. The first-order valence-corrected chi connectivity index (χ1v) is 4.67. The lowest BCUT2D eigenvalue weighted by Crippen LogP contribution is -1.80. The molecule has 0 saturated heterocycles. The van der Waals surface area contributed by atoms with Gasteiger partial charge < -0.3 is 10.1 Å². The minimum absolute atomic E-state index is 0.255. The van der Waals surface area contributed by atoms with E-state index >= 15 is 0 Å². The number of benzene rings is 1. The van der Waals surface area contributed by atoms with Crippen LogP contribution in [0.15, 0.2) is 37.0 Å². The van der Waals surface area contributed by atoms with Crippen molar-refractivity contribution in [1.82, 2.24) is 9.97 Å². The molecule has 1 aromatic heterocycles. The number of phenolic OH excluding ortho intramolecular Hbond substituents is 1. The van der Waals surface area contributed by atoms with Crippen LogP contribution < -0.4 is 0 Å². The highest BCUT2D eigenvalue weighted by Gasteiger charge is 2.03. The second kappa shape index (κ2) is 3.61. The van der Waals surface area contributed by atoms with Gasteiger partial charge in [-0.3, -0.25) is 0 Å². The van der Waals surface area contributed by atoms with Crippen LogP contribution in [-0.2, 0) is 0 Å². The first-order chi connectivity index (χ1) is 7.16. The van der Waals surface area contributed by atoms with Gasteiger partial charge in [-0.15, -0.1) is 0 Å². The maximum atomic E-state index is 9.15. The fourth-order valence-electron chi connectivity index (χ4n) is 1.30. The van der Waals surface area contributed by atoms with Gasteiger partial charge in [-0.05, 0) is 36.8 Å². The molecule has 76 valence electrons. The maximum absolute atomic E-state index is 9.15. The number of hydrogen-bond acceptors (Lipinski definition) is 2. The zero-order valence-corrected chi connectivity index (χ0v) is 8.49. The van der Waals surface area contributed by atoms with E-state index in [0.29, 0.717) is 0 Å². The average Bonchev–Trinajstić information content (AvgIpc) is 2.68. The molecular weight excluding hydrogens is 188 g/mol. The number of rotatable bonds is 2. The zero-order chi connectivity index (χ0) is 10.8. The van der Waals surface area contributed by atoms with E-state index in [1.54, 1.807) is 18.3 Å². The molecule has 0 unspecified atom stereocenters. The number of nitrogens with one attached hydrogen (secondary N) is 1. The summed E-state index contributed by atoms with van der Waals surface area (Å²) in [7, 11) is 0. The highest BCUT2D eigenvalue weighted by Crippen LogP contribution is 2.20. The summed E-state index contributed by atoms with van der Waals surface area (Å²) in [6, 6.07) is 6.91. The Bertz CT molecular complexity index is 483. The van der Waals surface area contributed by atoms with Gasteiger partial charge >= 0.3 is 0 Å². The van der Waals surface area contributed by atoms with Crippen LogP contribution in [0.2, 0.25) is 0 Å². The average molecular weight is 200 g/mol. The van der Waals surface area contributed by atoms with Gasteiger partial charge in [0.15, 0.2) is 0 Å². The van der Waals surface area contributed by atoms with Crippen molar-refractivity contribution in [3.05, 3.63) is 42.7 Å². The number of aromatic amines is 1. The number of hydrogen-bond donors (Lipinski definition) is 2. The summed E-state index contributed by atoms with van der Waals surface area (Å²) < 4.78 is 0. The van der Waals surface area contributed by atoms with Crippen LogP contribution in [0.1, 0.15) is 12.6 Å². The highest BCUT2D eigenvalue weighted by atomic mass is 16.3. The van der Waals surface area contributed by atoms with Gasteiger partial charge in [0.1, 0.15) is 11.6 Å². The topological polar surface area (TPSA) is 48.9 Å². The molecule has 0 aliphatic rings. The van der Waals surface area contributed by atoms with Crippen molar-refractivity contribution >= 4 is 5.57 Å². The number of allylic oxidation sites excluding steroid dienone is 1. The van der Waals surface area contributed by atoms with E-state index < -0.39 is 0 Å². The Kier molecular flexibility index (Phi) is 2.29. The third-order valence-corrected chi connectivity index (χ3v) is 2.18. The SMILES string of the molecule is C=C(C)c1cnc(-c2ccc(O)cc2)[nH]1. The van der Waals surface area contributed by atoms with E-state index in [1.165, 1.54) is 0 Å². The van der Waals surface area contributed by atoms with Crippen LogP contribution in [-0.4, -0.2) is 15.1 Å². The van der Waals surface area contributed by atoms with Crippen molar-refractivity contribution < 1.29 is 5.11 Å². The highest BCUT2D eigenvalue weighted by molar-refractivity contribution is 5.63. The lowest BCUT2D eigenvalue weighted by Gasteiger charge is -1.97. The minimum Gasteiger partial charge on any atom is -0.508 e. The number of phenols is 1. The summed E-state index contributed by atoms with van der Waals surface area (Å²) in [4.78, 5) is 7.40. The standard InChI is InChI=1S/C12H12N2O/c1-8(2)11-7-13-12(14-11)9-3-5-10(15)6-4-9/h3-7,15H,1H2,2H3,(H,13,14). The number of aromatic nitrogens is 2. The van der Waals surface area contributed by atoms with Crippen LogP contribution >= 0.6 is 0 Å². The molecular formula is C12H12N2O. The molecule has 3 nitrogen and oxygen atoms in total. The molecule has 0 aliphatic heterocycles. The van der Waals surface area contributed by atoms with E-state index in [1.807, 2.05) is 19.1 Å². The molecule has 0 amide bonds. The third-order valence-electron chi connectivity index (χ3n) is 2.18. The van der Waals surface area contributed by atoms with Crippen LogP contribution in [0, 0.1) is 0 Å². The maximum Gasteiger partial charge on any atom is 0.137 e. The largest absolute Gasteiger partial charge is 0.508 e. The summed E-state index contributed by atoms with van der Waals surface area (Å²) in [6.07, 6.45) is 1.75. The van der Waals surface area contributed by atoms with Gasteiger partial charge in [0.25, 0.3) is 0 Å². The van der Waals surface area contributed by atoms with Crippen molar-refractivity contribution in [2.45, 2.75) is 6.92 Å². The number of nitrogens with zero attached hydrogens (tertiary/aromatic N) is 1. The van der Waals surface area contributed by atoms with Crippen molar-refractivity contribution in [3.63, 3.8) is 0 Å². The second-order valence-corrected chi connectivity index (χ2v) is 3.47. The Hall–Kier alpha value is -2.03. The zero-order valence-electron chi connectivity index (χ0n) is 8.49. The molecule has 2 rings (SSSR count). The first kappa shape index (κ1) is 9.52. The number of H-pyrrole nitrogens is 1. The Balaban J connectivity index is 2.37. The molecule has 0 fully saturated rings. The molecule has 2 aromatic rings.